The standard InChI is InChI=1S/C17H25N/c1-7-17(18-6)10-8-9-16(13-15(4)5)12-11-14(2)3/h1,10-13,15,18H,2,8-9H2,3-6H3/b12-11-,16-13?,17-10-. The molecule has 0 aliphatic rings. The van der Waals surface area contributed by atoms with Crippen molar-refractivity contribution in [3.05, 3.63) is 47.7 Å². The second-order valence-electron chi connectivity index (χ2n) is 4.72. The number of nitrogens with one attached hydrogen (secondary N) is 1. The highest BCUT2D eigenvalue weighted by atomic mass is 14.8. The van der Waals surface area contributed by atoms with Gasteiger partial charge in [-0.3, -0.25) is 0 Å². The molecule has 0 aliphatic carbocycles. The van der Waals surface area contributed by atoms with E-state index in [4.69, 9.17) is 6.42 Å². The normalized spacial score (nSPS) is 12.9. The van der Waals surface area contributed by atoms with Gasteiger partial charge in [0.05, 0.1) is 5.70 Å². The van der Waals surface area contributed by atoms with E-state index in [0.717, 1.165) is 24.1 Å². The summed E-state index contributed by atoms with van der Waals surface area (Å²) in [5.41, 5.74) is 3.25. The van der Waals surface area contributed by atoms with Crippen LogP contribution in [0.1, 0.15) is 33.6 Å². The van der Waals surface area contributed by atoms with Crippen LogP contribution in [0.4, 0.5) is 0 Å². The lowest BCUT2D eigenvalue weighted by atomic mass is 10.0. The van der Waals surface area contributed by atoms with Gasteiger partial charge in [0.25, 0.3) is 0 Å². The molecule has 0 rings (SSSR count). The van der Waals surface area contributed by atoms with Gasteiger partial charge in [0, 0.05) is 7.05 Å². The molecule has 0 bridgehead atoms. The first kappa shape index (κ1) is 16.3. The first-order chi connectivity index (χ1) is 8.49. The first-order valence-corrected chi connectivity index (χ1v) is 6.38. The molecular formula is C17H25N. The van der Waals surface area contributed by atoms with E-state index in [1.807, 2.05) is 14.0 Å². The summed E-state index contributed by atoms with van der Waals surface area (Å²) >= 11 is 0. The van der Waals surface area contributed by atoms with Gasteiger partial charge in [-0.2, -0.15) is 0 Å². The molecular weight excluding hydrogens is 218 g/mol. The van der Waals surface area contributed by atoms with E-state index in [2.05, 4.69) is 56.0 Å². The van der Waals surface area contributed by atoms with E-state index in [-0.39, 0.29) is 0 Å². The van der Waals surface area contributed by atoms with Crippen LogP contribution in [0.3, 0.4) is 0 Å². The third kappa shape index (κ3) is 8.47. The van der Waals surface area contributed by atoms with Crippen LogP contribution in [-0.2, 0) is 0 Å². The summed E-state index contributed by atoms with van der Waals surface area (Å²) in [6.07, 6.45) is 15.8. The van der Waals surface area contributed by atoms with E-state index < -0.39 is 0 Å². The third-order valence-electron chi connectivity index (χ3n) is 2.34. The molecule has 0 fully saturated rings. The van der Waals surface area contributed by atoms with Gasteiger partial charge >= 0.3 is 0 Å². The first-order valence-electron chi connectivity index (χ1n) is 6.38. The van der Waals surface area contributed by atoms with Crippen molar-refractivity contribution in [3.63, 3.8) is 0 Å². The highest BCUT2D eigenvalue weighted by Gasteiger charge is 1.95. The second-order valence-corrected chi connectivity index (χ2v) is 4.72. The molecule has 18 heavy (non-hydrogen) atoms. The summed E-state index contributed by atoms with van der Waals surface area (Å²) in [6, 6.07) is 0. The molecule has 0 saturated heterocycles. The molecule has 0 aromatic heterocycles. The lowest BCUT2D eigenvalue weighted by Crippen LogP contribution is -2.02. The molecule has 1 N–H and O–H groups in total. The van der Waals surface area contributed by atoms with Gasteiger partial charge in [-0.1, -0.05) is 61.8 Å². The lowest BCUT2D eigenvalue weighted by Gasteiger charge is -2.04. The fourth-order valence-corrected chi connectivity index (χ4v) is 1.52. The van der Waals surface area contributed by atoms with Crippen LogP contribution in [0.15, 0.2) is 47.7 Å². The minimum absolute atomic E-state index is 0.551. The van der Waals surface area contributed by atoms with Gasteiger partial charge in [-0.05, 0) is 25.7 Å². The second kappa shape index (κ2) is 9.36. The minimum Gasteiger partial charge on any atom is -0.382 e. The van der Waals surface area contributed by atoms with Crippen molar-refractivity contribution < 1.29 is 0 Å². The van der Waals surface area contributed by atoms with Crippen LogP contribution in [0.5, 0.6) is 0 Å². The van der Waals surface area contributed by atoms with Crippen LogP contribution in [0, 0.1) is 18.3 Å². The molecule has 98 valence electrons. The molecule has 0 unspecified atom stereocenters. The molecule has 1 nitrogen and oxygen atoms in total. The smallest absolute Gasteiger partial charge is 0.0807 e. The van der Waals surface area contributed by atoms with Crippen molar-refractivity contribution in [2.45, 2.75) is 33.6 Å². The quantitative estimate of drug-likeness (QED) is 0.521. The minimum atomic E-state index is 0.551. The van der Waals surface area contributed by atoms with Crippen LogP contribution in [0.2, 0.25) is 0 Å². The van der Waals surface area contributed by atoms with Crippen molar-refractivity contribution in [3.8, 4) is 12.3 Å². The zero-order valence-corrected chi connectivity index (χ0v) is 12.1. The average Bonchev–Trinajstić information content (AvgIpc) is 2.30. The summed E-state index contributed by atoms with van der Waals surface area (Å²) < 4.78 is 0. The summed E-state index contributed by atoms with van der Waals surface area (Å²) in [5, 5.41) is 2.99. The van der Waals surface area contributed by atoms with Crippen LogP contribution >= 0.6 is 0 Å². The Bertz CT molecular complexity index is 386. The van der Waals surface area contributed by atoms with Gasteiger partial charge in [0.2, 0.25) is 0 Å². The molecule has 0 saturated carbocycles. The predicted octanol–water partition coefficient (Wildman–Crippen LogP) is 4.22. The molecule has 0 radical (unpaired) electrons. The molecule has 0 atom stereocenters. The Morgan fingerprint density at radius 1 is 1.39 bits per heavy atom. The van der Waals surface area contributed by atoms with Gasteiger partial charge in [-0.25, -0.2) is 0 Å². The Kier molecular flexibility index (Phi) is 8.49. The molecule has 0 aromatic carbocycles. The van der Waals surface area contributed by atoms with Crippen molar-refractivity contribution >= 4 is 0 Å². The van der Waals surface area contributed by atoms with E-state index in [9.17, 15) is 0 Å². The highest BCUT2D eigenvalue weighted by molar-refractivity contribution is 5.27. The van der Waals surface area contributed by atoms with E-state index in [1.54, 1.807) is 0 Å². The fraction of sp³-hybridized carbons (Fsp3) is 0.412. The maximum atomic E-state index is 5.36. The Labute approximate surface area is 112 Å². The third-order valence-corrected chi connectivity index (χ3v) is 2.34. The SMILES string of the molecule is C#C/C(=C/CCC(=CC(C)C)/C=C\C(=C)C)NC. The average molecular weight is 243 g/mol. The van der Waals surface area contributed by atoms with Gasteiger partial charge in [-0.15, -0.1) is 6.42 Å². The Morgan fingerprint density at radius 2 is 2.06 bits per heavy atom. The Balaban J connectivity index is 4.59. The van der Waals surface area contributed by atoms with Gasteiger partial charge in [0.15, 0.2) is 0 Å². The monoisotopic (exact) mass is 243 g/mol. The Morgan fingerprint density at radius 3 is 2.50 bits per heavy atom. The van der Waals surface area contributed by atoms with Gasteiger partial charge < -0.3 is 5.32 Å². The molecule has 0 aromatic rings. The lowest BCUT2D eigenvalue weighted by molar-refractivity contribution is 0.812. The molecule has 0 aliphatic heterocycles. The largest absolute Gasteiger partial charge is 0.382 e. The van der Waals surface area contributed by atoms with Crippen LogP contribution in [0.25, 0.3) is 0 Å². The number of terminal acetylenes is 1. The molecule has 0 spiro atoms. The van der Waals surface area contributed by atoms with Gasteiger partial charge in [0.1, 0.15) is 0 Å². The van der Waals surface area contributed by atoms with E-state index >= 15 is 0 Å². The molecule has 0 amide bonds. The van der Waals surface area contributed by atoms with Crippen molar-refractivity contribution in [2.75, 3.05) is 7.05 Å². The highest BCUT2D eigenvalue weighted by Crippen LogP contribution is 2.13. The van der Waals surface area contributed by atoms with E-state index in [0.29, 0.717) is 5.92 Å². The summed E-state index contributed by atoms with van der Waals surface area (Å²) in [5.74, 6) is 3.17. The molecule has 1 heteroatoms. The zero-order chi connectivity index (χ0) is 14.0. The zero-order valence-electron chi connectivity index (χ0n) is 12.1. The van der Waals surface area contributed by atoms with Crippen LogP contribution < -0.4 is 5.32 Å². The number of rotatable bonds is 7. The van der Waals surface area contributed by atoms with Crippen LogP contribution in [-0.4, -0.2) is 7.05 Å². The topological polar surface area (TPSA) is 12.0 Å². The molecule has 0 heterocycles. The predicted molar refractivity (Wildman–Crippen MR) is 82.1 cm³/mol. The maximum absolute atomic E-state index is 5.36. The van der Waals surface area contributed by atoms with Crippen molar-refractivity contribution in [1.29, 1.82) is 0 Å². The number of hydrogen-bond donors (Lipinski definition) is 1. The Hall–Kier alpha value is -1.68. The van der Waals surface area contributed by atoms with Crippen molar-refractivity contribution in [1.82, 2.24) is 5.32 Å². The summed E-state index contributed by atoms with van der Waals surface area (Å²) in [6.45, 7) is 10.3. The number of hydrogen-bond acceptors (Lipinski definition) is 1. The summed E-state index contributed by atoms with van der Waals surface area (Å²) in [4.78, 5) is 0. The maximum Gasteiger partial charge on any atom is 0.0807 e. The van der Waals surface area contributed by atoms with E-state index in [1.165, 1.54) is 5.57 Å². The fourth-order valence-electron chi connectivity index (χ4n) is 1.52. The number of allylic oxidation sites excluding steroid dienone is 7. The van der Waals surface area contributed by atoms with Crippen molar-refractivity contribution in [2.24, 2.45) is 5.92 Å². The summed E-state index contributed by atoms with van der Waals surface area (Å²) in [7, 11) is 1.84.